The highest BCUT2D eigenvalue weighted by Crippen LogP contribution is 2.20. The topological polar surface area (TPSA) is 124 Å². The molecule has 2 heterocycles. The molecule has 9 heteroatoms. The molecule has 5 N–H and O–H groups in total. The van der Waals surface area contributed by atoms with Crippen LogP contribution >= 0.6 is 0 Å². The molecule has 2 fully saturated rings. The van der Waals surface area contributed by atoms with Crippen molar-refractivity contribution >= 4 is 11.9 Å². The fraction of sp³-hybridized carbons (Fsp3) is 0.684. The van der Waals surface area contributed by atoms with E-state index in [1.807, 2.05) is 0 Å². The summed E-state index contributed by atoms with van der Waals surface area (Å²) >= 11 is 0. The summed E-state index contributed by atoms with van der Waals surface area (Å²) in [4.78, 5) is 18.9. The lowest BCUT2D eigenvalue weighted by atomic mass is 9.99. The number of aliphatic imine (C=N–C) groups is 1. The van der Waals surface area contributed by atoms with Crippen molar-refractivity contribution in [3.05, 3.63) is 23.5 Å². The number of hydrogen-bond acceptors (Lipinski definition) is 7. The van der Waals surface area contributed by atoms with Crippen molar-refractivity contribution in [3.8, 4) is 0 Å². The molecule has 0 aromatic rings. The van der Waals surface area contributed by atoms with Crippen LogP contribution in [0.2, 0.25) is 0 Å². The van der Waals surface area contributed by atoms with Crippen molar-refractivity contribution in [2.24, 2.45) is 16.5 Å². The zero-order chi connectivity index (χ0) is 20.7. The normalized spacial score (nSPS) is 25.2. The highest BCUT2D eigenvalue weighted by atomic mass is 16.5. The van der Waals surface area contributed by atoms with Crippen molar-refractivity contribution < 1.29 is 19.0 Å². The molecule has 2 aliphatic rings. The Balaban J connectivity index is 1.99. The second kappa shape index (κ2) is 10.4. The van der Waals surface area contributed by atoms with E-state index in [0.29, 0.717) is 31.3 Å². The van der Waals surface area contributed by atoms with E-state index in [1.165, 1.54) is 7.11 Å². The quantitative estimate of drug-likeness (QED) is 0.252. The molecule has 9 nitrogen and oxygen atoms in total. The van der Waals surface area contributed by atoms with Gasteiger partial charge >= 0.3 is 0 Å². The molecule has 0 aromatic heterocycles. The van der Waals surface area contributed by atoms with Crippen LogP contribution in [0.15, 0.2) is 28.5 Å². The lowest BCUT2D eigenvalue weighted by Gasteiger charge is -2.38. The molecular formula is C19H33N5O4. The molecule has 2 atom stereocenters. The summed E-state index contributed by atoms with van der Waals surface area (Å²) in [5.74, 6) is -0.219. The third-order valence-electron chi connectivity index (χ3n) is 5.31. The van der Waals surface area contributed by atoms with Crippen LogP contribution in [0.25, 0.3) is 0 Å². The fourth-order valence-electron chi connectivity index (χ4n) is 3.44. The van der Waals surface area contributed by atoms with Crippen molar-refractivity contribution in [2.75, 3.05) is 40.5 Å². The number of likely N-dealkylation sites (tertiary alicyclic amines) is 1. The summed E-state index contributed by atoms with van der Waals surface area (Å²) in [6, 6.07) is 0.511. The van der Waals surface area contributed by atoms with Gasteiger partial charge in [0.2, 0.25) is 0 Å². The summed E-state index contributed by atoms with van der Waals surface area (Å²) < 4.78 is 15.9. The largest absolute Gasteiger partial charge is 0.469 e. The molecule has 0 unspecified atom stereocenters. The van der Waals surface area contributed by atoms with E-state index in [1.54, 1.807) is 18.9 Å². The molecule has 2 aliphatic heterocycles. The zero-order valence-electron chi connectivity index (χ0n) is 17.1. The van der Waals surface area contributed by atoms with E-state index in [0.717, 1.165) is 25.9 Å². The molecule has 0 aliphatic carbocycles. The summed E-state index contributed by atoms with van der Waals surface area (Å²) in [6.07, 6.45) is 2.68. The summed E-state index contributed by atoms with van der Waals surface area (Å²) in [5, 5.41) is 3.67. The fourth-order valence-corrected chi connectivity index (χ4v) is 3.44. The van der Waals surface area contributed by atoms with Gasteiger partial charge in [0.15, 0.2) is 0 Å². The maximum Gasteiger partial charge on any atom is 0.287 e. The number of rotatable bonds is 6. The van der Waals surface area contributed by atoms with E-state index in [9.17, 15) is 4.79 Å². The standard InChI is InChI=1S/C19H33N5O4/c1-12(13(2)20)17(23-19(21)27-4)18(25)24-8-5-14(6-9-24)22-15-7-10-28-11-16(15)26-3/h14-16,22H,2,5-11,20H2,1,3-4H3,(H2,21,23)/b17-12-/t15-,16+/m1/s1. The van der Waals surface area contributed by atoms with Crippen LogP contribution in [0.5, 0.6) is 0 Å². The van der Waals surface area contributed by atoms with Crippen LogP contribution in [0, 0.1) is 0 Å². The third-order valence-corrected chi connectivity index (χ3v) is 5.31. The van der Waals surface area contributed by atoms with Crippen molar-refractivity contribution in [3.63, 3.8) is 0 Å². The number of allylic oxidation sites excluding steroid dienone is 1. The SMILES string of the molecule is C=C(N)/C(C)=C(\N=C(N)OC)C(=O)N1CCC(N[C@@H]2CCOC[C@@H]2OC)CC1. The summed E-state index contributed by atoms with van der Waals surface area (Å²) in [5.41, 5.74) is 12.4. The number of amidine groups is 1. The first-order valence-corrected chi connectivity index (χ1v) is 9.57. The second-order valence-corrected chi connectivity index (χ2v) is 7.13. The Kier molecular flexibility index (Phi) is 8.28. The average molecular weight is 396 g/mol. The molecule has 158 valence electrons. The van der Waals surface area contributed by atoms with Crippen molar-refractivity contribution in [1.82, 2.24) is 10.2 Å². The number of hydrogen-bond donors (Lipinski definition) is 3. The van der Waals surface area contributed by atoms with Crippen LogP contribution in [0.4, 0.5) is 0 Å². The van der Waals surface area contributed by atoms with Gasteiger partial charge in [-0.2, -0.15) is 4.99 Å². The van der Waals surface area contributed by atoms with Gasteiger partial charge in [-0.05, 0) is 26.2 Å². The third kappa shape index (κ3) is 5.70. The van der Waals surface area contributed by atoms with Crippen LogP contribution in [-0.2, 0) is 19.0 Å². The number of nitrogens with one attached hydrogen (secondary N) is 1. The van der Waals surface area contributed by atoms with Gasteiger partial charge in [0.1, 0.15) is 5.70 Å². The van der Waals surface area contributed by atoms with Gasteiger partial charge in [-0.1, -0.05) is 6.58 Å². The van der Waals surface area contributed by atoms with Crippen LogP contribution in [0.1, 0.15) is 26.2 Å². The molecule has 0 saturated carbocycles. The summed E-state index contributed by atoms with van der Waals surface area (Å²) in [6.45, 7) is 7.99. The number of nitrogens with two attached hydrogens (primary N) is 2. The van der Waals surface area contributed by atoms with Crippen molar-refractivity contribution in [2.45, 2.75) is 44.4 Å². The number of carbonyl (C=O) groups is 1. The zero-order valence-corrected chi connectivity index (χ0v) is 17.1. The van der Waals surface area contributed by atoms with E-state index >= 15 is 0 Å². The number of amides is 1. The average Bonchev–Trinajstić information content (AvgIpc) is 2.71. The Hall–Kier alpha value is -2.10. The molecule has 0 spiro atoms. The molecule has 0 aromatic carbocycles. The minimum absolute atomic E-state index is 0.0625. The van der Waals surface area contributed by atoms with Crippen LogP contribution in [0.3, 0.4) is 0 Å². The summed E-state index contributed by atoms with van der Waals surface area (Å²) in [7, 11) is 3.11. The molecule has 1 amide bonds. The van der Waals surface area contributed by atoms with Gasteiger partial charge in [0.25, 0.3) is 11.9 Å². The first-order valence-electron chi connectivity index (χ1n) is 9.57. The van der Waals surface area contributed by atoms with E-state index < -0.39 is 0 Å². The molecule has 0 radical (unpaired) electrons. The monoisotopic (exact) mass is 395 g/mol. The number of methoxy groups -OCH3 is 2. The Morgan fingerprint density at radius 2 is 1.93 bits per heavy atom. The number of carbonyl (C=O) groups excluding carboxylic acids is 1. The van der Waals surface area contributed by atoms with Gasteiger partial charge in [-0.25, -0.2) is 0 Å². The highest BCUT2D eigenvalue weighted by Gasteiger charge is 2.31. The van der Waals surface area contributed by atoms with Gasteiger partial charge in [-0.15, -0.1) is 0 Å². The first kappa shape index (κ1) is 22.2. The minimum atomic E-state index is -0.219. The van der Waals surface area contributed by atoms with E-state index in [4.69, 9.17) is 25.7 Å². The van der Waals surface area contributed by atoms with Crippen LogP contribution in [-0.4, -0.2) is 75.5 Å². The number of ether oxygens (including phenoxy) is 3. The van der Waals surface area contributed by atoms with Crippen molar-refractivity contribution in [1.29, 1.82) is 0 Å². The van der Waals surface area contributed by atoms with Gasteiger partial charge in [0.05, 0.1) is 19.8 Å². The maximum absolute atomic E-state index is 13.0. The molecule has 0 bridgehead atoms. The molecule has 28 heavy (non-hydrogen) atoms. The number of nitrogens with zero attached hydrogens (tertiary/aromatic N) is 2. The van der Waals surface area contributed by atoms with E-state index in [-0.39, 0.29) is 35.5 Å². The second-order valence-electron chi connectivity index (χ2n) is 7.13. The predicted molar refractivity (Wildman–Crippen MR) is 107 cm³/mol. The predicted octanol–water partition coefficient (Wildman–Crippen LogP) is 0.0784. The maximum atomic E-state index is 13.0. The Labute approximate surface area is 166 Å². The number of piperidine rings is 1. The van der Waals surface area contributed by atoms with Crippen LogP contribution < -0.4 is 16.8 Å². The highest BCUT2D eigenvalue weighted by molar-refractivity contribution is 5.96. The smallest absolute Gasteiger partial charge is 0.287 e. The molecular weight excluding hydrogens is 362 g/mol. The van der Waals surface area contributed by atoms with Gasteiger partial charge in [0, 0.05) is 50.2 Å². The molecule has 2 rings (SSSR count). The van der Waals surface area contributed by atoms with Gasteiger partial charge < -0.3 is 35.9 Å². The Bertz CT molecular complexity index is 626. The van der Waals surface area contributed by atoms with E-state index in [2.05, 4.69) is 16.9 Å². The Morgan fingerprint density at radius 1 is 1.25 bits per heavy atom. The lowest BCUT2D eigenvalue weighted by Crippen LogP contribution is -2.54. The molecule has 2 saturated heterocycles. The Morgan fingerprint density at radius 3 is 2.50 bits per heavy atom. The lowest BCUT2D eigenvalue weighted by molar-refractivity contribution is -0.128. The van der Waals surface area contributed by atoms with Gasteiger partial charge in [-0.3, -0.25) is 4.79 Å². The minimum Gasteiger partial charge on any atom is -0.469 e. The first-order chi connectivity index (χ1) is 13.4.